The molecule has 8 N–H and O–H groups in total. The minimum atomic E-state index is -4.10. The van der Waals surface area contributed by atoms with Crippen LogP contribution >= 0.6 is 0 Å². The fourth-order valence-corrected chi connectivity index (χ4v) is 6.12. The van der Waals surface area contributed by atoms with Gasteiger partial charge in [-0.15, -0.1) is 0 Å². The molecule has 0 saturated carbocycles. The number of urea groups is 2. The normalized spacial score (nSPS) is 11.3. The molecule has 0 saturated heterocycles. The Labute approximate surface area is 274 Å². The summed E-state index contributed by atoms with van der Waals surface area (Å²) >= 11 is 0. The van der Waals surface area contributed by atoms with Crippen LogP contribution in [0.2, 0.25) is 0 Å². The first-order chi connectivity index (χ1) is 22.4. The highest BCUT2D eigenvalue weighted by atomic mass is 32.2. The molecule has 18 heteroatoms. The van der Waals surface area contributed by atoms with Gasteiger partial charge in [0.2, 0.25) is 11.8 Å². The Balaban J connectivity index is 1.74. The summed E-state index contributed by atoms with van der Waals surface area (Å²) in [7, 11) is -8.19. The van der Waals surface area contributed by atoms with Crippen molar-refractivity contribution in [2.24, 2.45) is 0 Å². The van der Waals surface area contributed by atoms with E-state index in [1.807, 2.05) is 9.44 Å². The molecule has 0 aliphatic rings. The molecule has 0 spiro atoms. The zero-order valence-electron chi connectivity index (χ0n) is 25.8. The molecule has 0 aliphatic heterocycles. The van der Waals surface area contributed by atoms with Gasteiger partial charge >= 0.3 is 12.1 Å². The van der Waals surface area contributed by atoms with E-state index >= 15 is 0 Å². The van der Waals surface area contributed by atoms with Crippen molar-refractivity contribution in [3.05, 3.63) is 59.7 Å². The molecular weight excluding hydrogens is 656 g/mol. The lowest BCUT2D eigenvalue weighted by molar-refractivity contribution is -0.130. The molecule has 0 heterocycles. The lowest BCUT2D eigenvalue weighted by Gasteiger charge is -2.10. The molecule has 0 aromatic heterocycles. The number of hydrogen-bond acceptors (Lipinski definition) is 10. The first-order valence-electron chi connectivity index (χ1n) is 15.0. The Kier molecular flexibility index (Phi) is 16.6. The number of carbonyl (C=O) groups excluding carboxylic acids is 4. The minimum Gasteiger partial charge on any atom is -0.337 e. The van der Waals surface area contributed by atoms with Gasteiger partial charge in [0.15, 0.2) is 0 Å². The second-order valence-corrected chi connectivity index (χ2v) is 13.9. The highest BCUT2D eigenvalue weighted by molar-refractivity contribution is 7.90. The number of hydrogen-bond donors (Lipinski definition) is 8. The number of rotatable bonds is 20. The lowest BCUT2D eigenvalue weighted by atomic mass is 10.0. The monoisotopic (exact) mass is 698 g/mol. The van der Waals surface area contributed by atoms with Gasteiger partial charge in [0.25, 0.3) is 20.0 Å². The van der Waals surface area contributed by atoms with Crippen LogP contribution in [0.3, 0.4) is 0 Å². The van der Waals surface area contributed by atoms with Crippen molar-refractivity contribution in [1.82, 2.24) is 31.0 Å². The van der Waals surface area contributed by atoms with Gasteiger partial charge in [0, 0.05) is 25.9 Å². The fraction of sp³-hybridized carbons (Fsp3) is 0.448. The van der Waals surface area contributed by atoms with Crippen LogP contribution in [0.15, 0.2) is 58.3 Å². The largest absolute Gasteiger partial charge is 0.337 e. The fourth-order valence-electron chi connectivity index (χ4n) is 4.26. The highest BCUT2D eigenvalue weighted by Crippen LogP contribution is 2.15. The van der Waals surface area contributed by atoms with Gasteiger partial charge in [-0.25, -0.2) is 46.8 Å². The van der Waals surface area contributed by atoms with Crippen molar-refractivity contribution in [3.8, 4) is 0 Å². The Bertz CT molecular complexity index is 1530. The van der Waals surface area contributed by atoms with Crippen LogP contribution in [0.5, 0.6) is 0 Å². The number of sulfonamides is 2. The average molecular weight is 699 g/mol. The van der Waals surface area contributed by atoms with Crippen molar-refractivity contribution in [3.63, 3.8) is 0 Å². The highest BCUT2D eigenvalue weighted by Gasteiger charge is 2.18. The molecule has 47 heavy (non-hydrogen) atoms. The Hall–Kier alpha value is -4.26. The molecule has 0 aliphatic carbocycles. The zero-order chi connectivity index (χ0) is 34.7. The van der Waals surface area contributed by atoms with Gasteiger partial charge in [0.05, 0.1) is 9.79 Å². The quantitative estimate of drug-likeness (QED) is 0.0567. The van der Waals surface area contributed by atoms with Gasteiger partial charge in [-0.1, -0.05) is 43.5 Å². The second kappa shape index (κ2) is 20.1. The van der Waals surface area contributed by atoms with E-state index in [0.29, 0.717) is 57.8 Å². The smallest absolute Gasteiger partial charge is 0.328 e. The van der Waals surface area contributed by atoms with Gasteiger partial charge in [0.1, 0.15) is 0 Å². The van der Waals surface area contributed by atoms with Crippen LogP contribution in [-0.4, -0.2) is 64.2 Å². The second-order valence-electron chi connectivity index (χ2n) is 10.6. The predicted molar refractivity (Wildman–Crippen MR) is 169 cm³/mol. The summed E-state index contributed by atoms with van der Waals surface area (Å²) < 4.78 is 54.2. The molecular formula is C29H42N6O10S2. The van der Waals surface area contributed by atoms with Crippen LogP contribution in [-0.2, 0) is 42.5 Å². The Morgan fingerprint density at radius 3 is 1.21 bits per heavy atom. The number of hydroxylamine groups is 2. The number of benzene rings is 2. The molecule has 260 valence electrons. The number of unbranched alkanes of at least 4 members (excludes halogenated alkanes) is 5. The summed E-state index contributed by atoms with van der Waals surface area (Å²) in [6.07, 6.45) is 5.62. The van der Waals surface area contributed by atoms with Crippen molar-refractivity contribution < 1.29 is 46.4 Å². The van der Waals surface area contributed by atoms with E-state index in [4.69, 9.17) is 10.4 Å². The summed E-state index contributed by atoms with van der Waals surface area (Å²) in [6.45, 7) is 0.460. The van der Waals surface area contributed by atoms with E-state index < -0.39 is 43.9 Å². The first kappa shape index (κ1) is 38.9. The van der Waals surface area contributed by atoms with Gasteiger partial charge in [-0.3, -0.25) is 20.0 Å². The summed E-state index contributed by atoms with van der Waals surface area (Å²) in [5, 5.41) is 21.8. The molecule has 2 aromatic rings. The summed E-state index contributed by atoms with van der Waals surface area (Å²) in [6, 6.07) is 10.3. The average Bonchev–Trinajstić information content (AvgIpc) is 3.04. The third-order valence-corrected chi connectivity index (χ3v) is 9.55. The molecule has 0 radical (unpaired) electrons. The topological polar surface area (TPSA) is 249 Å². The third kappa shape index (κ3) is 15.3. The third-order valence-electron chi connectivity index (χ3n) is 6.86. The SMILES string of the molecule is O=C(CCCCCCNC(=O)NS(=O)(=O)c1ccc(CCc2ccc(S(=O)(=O)NC(=O)NCCCCCC(=O)NO)cc2)cc1)NO. The number of nitrogens with one attached hydrogen (secondary N) is 6. The Morgan fingerprint density at radius 2 is 0.851 bits per heavy atom. The van der Waals surface area contributed by atoms with Crippen LogP contribution in [0.25, 0.3) is 0 Å². The maximum Gasteiger partial charge on any atom is 0.328 e. The molecule has 16 nitrogen and oxygen atoms in total. The van der Waals surface area contributed by atoms with E-state index in [2.05, 4.69) is 10.6 Å². The number of carbonyl (C=O) groups is 4. The van der Waals surface area contributed by atoms with Gasteiger partial charge in [-0.2, -0.15) is 0 Å². The zero-order valence-corrected chi connectivity index (χ0v) is 27.4. The predicted octanol–water partition coefficient (Wildman–Crippen LogP) is 1.97. The van der Waals surface area contributed by atoms with E-state index in [1.165, 1.54) is 29.7 Å². The van der Waals surface area contributed by atoms with Crippen LogP contribution < -0.4 is 31.0 Å². The van der Waals surface area contributed by atoms with Crippen molar-refractivity contribution in [2.75, 3.05) is 13.1 Å². The maximum atomic E-state index is 12.6. The van der Waals surface area contributed by atoms with E-state index in [1.54, 1.807) is 29.7 Å². The van der Waals surface area contributed by atoms with Crippen LogP contribution in [0, 0.1) is 0 Å². The van der Waals surface area contributed by atoms with Gasteiger partial charge in [-0.05, 0) is 73.9 Å². The molecule has 0 atom stereocenters. The first-order valence-corrected chi connectivity index (χ1v) is 18.0. The van der Waals surface area contributed by atoms with E-state index in [-0.39, 0.29) is 35.7 Å². The van der Waals surface area contributed by atoms with Crippen molar-refractivity contribution >= 4 is 43.9 Å². The van der Waals surface area contributed by atoms with E-state index in [9.17, 15) is 36.0 Å². The summed E-state index contributed by atoms with van der Waals surface area (Å²) in [5.41, 5.74) is 4.71. The van der Waals surface area contributed by atoms with Crippen LogP contribution in [0.4, 0.5) is 9.59 Å². The van der Waals surface area contributed by atoms with Gasteiger partial charge < -0.3 is 10.6 Å². The summed E-state index contributed by atoms with van der Waals surface area (Å²) in [5.74, 6) is -0.963. The van der Waals surface area contributed by atoms with Crippen molar-refractivity contribution in [2.45, 2.75) is 80.4 Å². The molecule has 2 rings (SSSR count). The summed E-state index contributed by atoms with van der Waals surface area (Å²) in [4.78, 5) is 45.8. The van der Waals surface area contributed by atoms with Crippen LogP contribution in [0.1, 0.15) is 68.9 Å². The van der Waals surface area contributed by atoms with E-state index in [0.717, 1.165) is 11.1 Å². The Morgan fingerprint density at radius 1 is 0.511 bits per heavy atom. The minimum absolute atomic E-state index is 0.0863. The molecule has 6 amide bonds. The van der Waals surface area contributed by atoms with Crippen molar-refractivity contribution in [1.29, 1.82) is 0 Å². The lowest BCUT2D eigenvalue weighted by Crippen LogP contribution is -2.39. The molecule has 2 aromatic carbocycles. The maximum absolute atomic E-state index is 12.6. The number of aryl methyl sites for hydroxylation is 2. The number of amides is 6. The molecule has 0 bridgehead atoms. The standard InChI is InChI=1S/C29H42N6O10S2/c36-26(32-40)8-4-1-2-6-20-30-28(38)34-46(42,43)24-16-12-22(13-17-24)10-11-23-14-18-25(19-15-23)47(44,45)35-29(39)31-21-7-3-5-9-27(37)33-41/h12-19,40-41H,1-11,20-21H2,(H,32,36)(H,33,37)(H2,30,34,38)(H2,31,35,39). The molecule has 0 fully saturated rings. The molecule has 0 unspecified atom stereocenters.